The summed E-state index contributed by atoms with van der Waals surface area (Å²) in [4.78, 5) is 14.1. The Bertz CT molecular complexity index is 685. The Hall–Kier alpha value is -1.19. The number of nitrogens with one attached hydrogen (secondary N) is 1. The predicted octanol–water partition coefficient (Wildman–Crippen LogP) is 3.75. The lowest BCUT2D eigenvalue weighted by molar-refractivity contribution is 0.0536. The van der Waals surface area contributed by atoms with E-state index in [2.05, 4.69) is 39.2 Å². The van der Waals surface area contributed by atoms with Crippen molar-refractivity contribution in [3.8, 4) is 0 Å². The van der Waals surface area contributed by atoms with Gasteiger partial charge in [-0.05, 0) is 36.2 Å². The monoisotopic (exact) mass is 448 g/mol. The van der Waals surface area contributed by atoms with Gasteiger partial charge in [-0.1, -0.05) is 44.5 Å². The minimum Gasteiger partial charge on any atom is -0.415 e. The smallest absolute Gasteiger partial charge is 0.317 e. The highest BCUT2D eigenvalue weighted by Gasteiger charge is 2.38. The Kier molecular flexibility index (Phi) is 9.55. The zero-order valence-corrected chi connectivity index (χ0v) is 19.9. The number of carbonyl (C=O) groups is 1. The number of rotatable bonds is 9. The van der Waals surface area contributed by atoms with Crippen molar-refractivity contribution in [2.75, 3.05) is 20.3 Å². The topological polar surface area (TPSA) is 82.0 Å². The van der Waals surface area contributed by atoms with Gasteiger partial charge in [0.2, 0.25) is 0 Å². The van der Waals surface area contributed by atoms with Crippen molar-refractivity contribution in [2.24, 2.45) is 0 Å². The van der Waals surface area contributed by atoms with Crippen LogP contribution in [0.2, 0.25) is 23.2 Å². The number of urea groups is 1. The summed E-state index contributed by atoms with van der Waals surface area (Å²) in [5.74, 6) is -0.543. The fourth-order valence-electron chi connectivity index (χ4n) is 2.39. The highest BCUT2D eigenvalue weighted by Crippen LogP contribution is 2.36. The zero-order chi connectivity index (χ0) is 22.4. The summed E-state index contributed by atoms with van der Waals surface area (Å²) >= 11 is 5.93. The van der Waals surface area contributed by atoms with Gasteiger partial charge in [0.25, 0.3) is 0 Å². The lowest BCUT2D eigenvalue weighted by Gasteiger charge is -2.39. The summed E-state index contributed by atoms with van der Waals surface area (Å²) in [6.07, 6.45) is -0.786. The number of hydrogen-bond acceptors (Lipinski definition) is 4. The maximum atomic E-state index is 13.6. The Morgan fingerprint density at radius 2 is 2.00 bits per heavy atom. The number of likely N-dealkylation sites (N-methyl/N-ethyl adjacent to an activating group) is 1. The third kappa shape index (κ3) is 7.53. The molecule has 2 atom stereocenters. The molecular formula is C20H34ClFN2O4Si. The maximum absolute atomic E-state index is 13.6. The first-order valence-corrected chi connectivity index (χ1v) is 12.9. The molecule has 0 radical (unpaired) electrons. The minimum atomic E-state index is -2.06. The van der Waals surface area contributed by atoms with E-state index in [-0.39, 0.29) is 29.6 Å². The molecule has 0 bridgehead atoms. The van der Waals surface area contributed by atoms with Crippen LogP contribution in [0.4, 0.5) is 9.18 Å². The number of aliphatic hydroxyl groups is 2. The van der Waals surface area contributed by atoms with Crippen molar-refractivity contribution in [3.63, 3.8) is 0 Å². The molecule has 1 aromatic carbocycles. The molecule has 0 unspecified atom stereocenters. The molecule has 6 nitrogen and oxygen atoms in total. The molecule has 0 saturated heterocycles. The first kappa shape index (κ1) is 25.8. The summed E-state index contributed by atoms with van der Waals surface area (Å²) in [7, 11) is -0.453. The lowest BCUT2D eigenvalue weighted by atomic mass is 10.1. The van der Waals surface area contributed by atoms with Crippen LogP contribution in [0.25, 0.3) is 0 Å². The van der Waals surface area contributed by atoms with Gasteiger partial charge in [0, 0.05) is 13.6 Å². The molecule has 3 N–H and O–H groups in total. The molecule has 1 aromatic rings. The van der Waals surface area contributed by atoms with Crippen LogP contribution in [0.3, 0.4) is 0 Å². The minimum absolute atomic E-state index is 0.00209. The Morgan fingerprint density at radius 3 is 2.55 bits per heavy atom. The zero-order valence-electron chi connectivity index (χ0n) is 18.1. The molecule has 0 aliphatic heterocycles. The molecule has 9 heteroatoms. The van der Waals surface area contributed by atoms with Crippen molar-refractivity contribution < 1.29 is 23.8 Å². The first-order valence-electron chi connectivity index (χ1n) is 9.66. The molecule has 0 aliphatic carbocycles. The van der Waals surface area contributed by atoms with Gasteiger partial charge in [-0.2, -0.15) is 0 Å². The van der Waals surface area contributed by atoms with E-state index in [0.29, 0.717) is 5.56 Å². The van der Waals surface area contributed by atoms with Crippen LogP contribution in [0, 0.1) is 5.82 Å². The fraction of sp³-hybridized carbons (Fsp3) is 0.650. The molecule has 29 heavy (non-hydrogen) atoms. The van der Waals surface area contributed by atoms with Crippen molar-refractivity contribution in [1.29, 1.82) is 0 Å². The van der Waals surface area contributed by atoms with Gasteiger partial charge in [-0.15, -0.1) is 0 Å². The number of nitrogens with zero attached hydrogens (tertiary/aromatic N) is 1. The molecule has 0 fully saturated rings. The molecular weight excluding hydrogens is 415 g/mol. The van der Waals surface area contributed by atoms with Crippen LogP contribution < -0.4 is 5.32 Å². The molecule has 0 spiro atoms. The number of carbonyl (C=O) groups excluding carboxylic acids is 1. The second-order valence-electron chi connectivity index (χ2n) is 8.78. The van der Waals surface area contributed by atoms with Gasteiger partial charge in [0.1, 0.15) is 5.82 Å². The van der Waals surface area contributed by atoms with Gasteiger partial charge < -0.3 is 24.9 Å². The van der Waals surface area contributed by atoms with Crippen LogP contribution >= 0.6 is 11.6 Å². The first-order chi connectivity index (χ1) is 13.3. The molecule has 0 heterocycles. The second kappa shape index (κ2) is 10.7. The quantitative estimate of drug-likeness (QED) is 0.502. The third-order valence-electron chi connectivity index (χ3n) is 5.53. The molecule has 2 amide bonds. The number of benzene rings is 1. The van der Waals surface area contributed by atoms with Gasteiger partial charge >= 0.3 is 6.03 Å². The number of amides is 2. The van der Waals surface area contributed by atoms with E-state index in [0.717, 1.165) is 0 Å². The highest BCUT2D eigenvalue weighted by molar-refractivity contribution is 6.74. The average molecular weight is 449 g/mol. The molecule has 0 saturated carbocycles. The lowest BCUT2D eigenvalue weighted by Crippen LogP contribution is -2.50. The van der Waals surface area contributed by atoms with E-state index in [1.807, 2.05) is 0 Å². The third-order valence-corrected chi connectivity index (χ3v) is 10.5. The normalized spacial score (nSPS) is 14.4. The van der Waals surface area contributed by atoms with E-state index >= 15 is 0 Å². The summed E-state index contributed by atoms with van der Waals surface area (Å²) < 4.78 is 19.8. The van der Waals surface area contributed by atoms with Crippen molar-refractivity contribution >= 4 is 25.9 Å². The van der Waals surface area contributed by atoms with Crippen molar-refractivity contribution in [3.05, 3.63) is 34.6 Å². The molecule has 1 rings (SSSR count). The van der Waals surface area contributed by atoms with Crippen LogP contribution in [0.1, 0.15) is 32.8 Å². The van der Waals surface area contributed by atoms with Crippen molar-refractivity contribution in [2.45, 2.75) is 64.0 Å². The highest BCUT2D eigenvalue weighted by atomic mass is 35.5. The summed E-state index contributed by atoms with van der Waals surface area (Å²) in [6.45, 7) is 10.5. The number of hydrogen-bond donors (Lipinski definition) is 3. The molecule has 0 aliphatic rings. The van der Waals surface area contributed by atoms with Crippen molar-refractivity contribution in [1.82, 2.24) is 10.2 Å². The maximum Gasteiger partial charge on any atom is 0.317 e. The van der Waals surface area contributed by atoms with E-state index < -0.39 is 38.9 Å². The summed E-state index contributed by atoms with van der Waals surface area (Å²) in [6, 6.07) is 3.58. The summed E-state index contributed by atoms with van der Waals surface area (Å²) in [5, 5.41) is 21.8. The average Bonchev–Trinajstić information content (AvgIpc) is 2.64. The number of aliphatic hydroxyl groups excluding tert-OH is 2. The van der Waals surface area contributed by atoms with Gasteiger partial charge in [-0.3, -0.25) is 0 Å². The number of halogens is 2. The van der Waals surface area contributed by atoms with Gasteiger partial charge in [0.15, 0.2) is 8.32 Å². The van der Waals surface area contributed by atoms with Crippen LogP contribution in [0.5, 0.6) is 0 Å². The Morgan fingerprint density at radius 1 is 1.38 bits per heavy atom. The van der Waals surface area contributed by atoms with E-state index in [4.69, 9.17) is 16.0 Å². The predicted molar refractivity (Wildman–Crippen MR) is 116 cm³/mol. The fourth-order valence-corrected chi connectivity index (χ4v) is 3.63. The van der Waals surface area contributed by atoms with Gasteiger partial charge in [0.05, 0.1) is 30.4 Å². The Labute approximate surface area is 179 Å². The van der Waals surface area contributed by atoms with Crippen LogP contribution in [-0.2, 0) is 11.0 Å². The summed E-state index contributed by atoms with van der Waals surface area (Å²) in [5.41, 5.74) is 0.470. The molecule has 0 aromatic heterocycles. The molecule has 166 valence electrons. The standard InChI is InChI=1S/C20H34ClFN2O4Si/c1-20(2,3)29(5,6)28-13-15(10-16(26)12-25)24(4)19(27)23-11-14-8-7-9-17(22)18(14)21/h7-9,15-16,25-26H,10-13H2,1-6H3,(H,23,27)/t15-,16+/m0/s1. The van der Waals surface area contributed by atoms with Crippen LogP contribution in [-0.4, -0.2) is 61.9 Å². The van der Waals surface area contributed by atoms with E-state index in [1.54, 1.807) is 13.1 Å². The van der Waals surface area contributed by atoms with E-state index in [1.165, 1.54) is 17.0 Å². The SMILES string of the molecule is CN(C(=O)NCc1cccc(F)c1Cl)[C@H](CO[Si](C)(C)C(C)(C)C)C[C@@H](O)CO. The Balaban J connectivity index is 2.82. The van der Waals surface area contributed by atoms with Gasteiger partial charge in [-0.25, -0.2) is 9.18 Å². The second-order valence-corrected chi connectivity index (χ2v) is 14.0. The largest absolute Gasteiger partial charge is 0.415 e. The van der Waals surface area contributed by atoms with Crippen LogP contribution in [0.15, 0.2) is 18.2 Å². The van der Waals surface area contributed by atoms with E-state index in [9.17, 15) is 19.4 Å².